The summed E-state index contributed by atoms with van der Waals surface area (Å²) in [6, 6.07) is 14.9. The average Bonchev–Trinajstić information content (AvgIpc) is 2.75. The summed E-state index contributed by atoms with van der Waals surface area (Å²) in [4.78, 5) is 9.15. The van der Waals surface area contributed by atoms with Crippen LogP contribution in [0.4, 0.5) is 5.69 Å². The second kappa shape index (κ2) is 9.68. The Labute approximate surface area is 184 Å². The van der Waals surface area contributed by atoms with Gasteiger partial charge >= 0.3 is 0 Å². The molecule has 1 saturated heterocycles. The first-order valence-corrected chi connectivity index (χ1v) is 11.6. The summed E-state index contributed by atoms with van der Waals surface area (Å²) in [7, 11) is 1.31. The van der Waals surface area contributed by atoms with Gasteiger partial charge in [-0.05, 0) is 23.8 Å². The Morgan fingerprint density at radius 3 is 2.33 bits per heavy atom. The molecule has 0 atom stereocenters. The molecule has 30 heavy (non-hydrogen) atoms. The van der Waals surface area contributed by atoms with Gasteiger partial charge < -0.3 is 15.1 Å². The molecule has 1 N–H and O–H groups in total. The van der Waals surface area contributed by atoms with Gasteiger partial charge in [0.15, 0.2) is 5.96 Å². The number of sulfonamides is 1. The largest absolute Gasteiger partial charge is 0.367 e. The van der Waals surface area contributed by atoms with Crippen LogP contribution >= 0.6 is 11.6 Å². The standard InChI is InChI=1S/C21H28ClN5O2S/c1-23-21(24-16-17-8-4-7-11-20(17)30(28,29)25(2)3)27-14-12-26(13-15-27)19-10-6-5-9-18(19)22/h4-11H,12-16H2,1-3H3,(H,23,24). The molecule has 0 amide bonds. The Morgan fingerprint density at radius 2 is 1.70 bits per heavy atom. The van der Waals surface area contributed by atoms with Gasteiger partial charge in [-0.2, -0.15) is 0 Å². The zero-order valence-corrected chi connectivity index (χ0v) is 19.1. The third kappa shape index (κ3) is 4.88. The molecule has 1 aliphatic heterocycles. The number of nitrogens with zero attached hydrogens (tertiary/aromatic N) is 4. The number of guanidine groups is 1. The number of hydrogen-bond acceptors (Lipinski definition) is 4. The molecule has 1 aliphatic rings. The van der Waals surface area contributed by atoms with E-state index < -0.39 is 10.0 Å². The van der Waals surface area contributed by atoms with E-state index in [0.29, 0.717) is 17.0 Å². The second-order valence-electron chi connectivity index (χ2n) is 7.22. The number of halogens is 1. The van der Waals surface area contributed by atoms with E-state index in [2.05, 4.69) is 20.1 Å². The van der Waals surface area contributed by atoms with Crippen LogP contribution in [0.1, 0.15) is 5.56 Å². The number of para-hydroxylation sites is 1. The zero-order valence-electron chi connectivity index (χ0n) is 17.5. The first-order valence-electron chi connectivity index (χ1n) is 9.80. The number of anilines is 1. The highest BCUT2D eigenvalue weighted by Crippen LogP contribution is 2.26. The van der Waals surface area contributed by atoms with Crippen LogP contribution in [0, 0.1) is 0 Å². The van der Waals surface area contributed by atoms with Crippen molar-refractivity contribution in [3.63, 3.8) is 0 Å². The summed E-state index contributed by atoms with van der Waals surface area (Å²) in [6.45, 7) is 3.62. The highest BCUT2D eigenvalue weighted by molar-refractivity contribution is 7.89. The van der Waals surface area contributed by atoms with E-state index in [1.165, 1.54) is 18.4 Å². The minimum absolute atomic E-state index is 0.307. The molecule has 0 bridgehead atoms. The highest BCUT2D eigenvalue weighted by Gasteiger charge is 2.23. The van der Waals surface area contributed by atoms with Crippen molar-refractivity contribution in [2.45, 2.75) is 11.4 Å². The number of hydrogen-bond donors (Lipinski definition) is 1. The summed E-state index contributed by atoms with van der Waals surface area (Å²) in [5, 5.41) is 4.08. The molecule has 0 spiro atoms. The van der Waals surface area contributed by atoms with Crippen LogP contribution in [0.5, 0.6) is 0 Å². The van der Waals surface area contributed by atoms with E-state index in [1.807, 2.05) is 36.4 Å². The number of piperazine rings is 1. The van der Waals surface area contributed by atoms with E-state index in [4.69, 9.17) is 11.6 Å². The van der Waals surface area contributed by atoms with E-state index in [0.717, 1.165) is 42.8 Å². The molecule has 7 nitrogen and oxygen atoms in total. The van der Waals surface area contributed by atoms with Crippen LogP contribution < -0.4 is 10.2 Å². The van der Waals surface area contributed by atoms with Crippen LogP contribution in [0.3, 0.4) is 0 Å². The summed E-state index contributed by atoms with van der Waals surface area (Å²) in [5.74, 6) is 0.755. The van der Waals surface area contributed by atoms with E-state index in [9.17, 15) is 8.42 Å². The molecule has 0 aliphatic carbocycles. The molecule has 0 saturated carbocycles. The van der Waals surface area contributed by atoms with E-state index in [-0.39, 0.29) is 0 Å². The molecule has 0 aromatic heterocycles. The monoisotopic (exact) mass is 449 g/mol. The molecule has 0 unspecified atom stereocenters. The van der Waals surface area contributed by atoms with Crippen molar-refractivity contribution in [3.8, 4) is 0 Å². The lowest BCUT2D eigenvalue weighted by molar-refractivity contribution is 0.372. The van der Waals surface area contributed by atoms with E-state index >= 15 is 0 Å². The van der Waals surface area contributed by atoms with Crippen LogP contribution in [-0.2, 0) is 16.6 Å². The topological polar surface area (TPSA) is 68.2 Å². The predicted octanol–water partition coefficient (Wildman–Crippen LogP) is 2.49. The minimum atomic E-state index is -3.51. The third-order valence-corrected chi connectivity index (χ3v) is 7.39. The molecule has 162 valence electrons. The molecular weight excluding hydrogens is 422 g/mol. The quantitative estimate of drug-likeness (QED) is 0.561. The van der Waals surface area contributed by atoms with Crippen LogP contribution in [0.2, 0.25) is 5.02 Å². The number of nitrogens with one attached hydrogen (secondary N) is 1. The fourth-order valence-electron chi connectivity index (χ4n) is 3.47. The maximum atomic E-state index is 12.6. The third-order valence-electron chi connectivity index (χ3n) is 5.15. The van der Waals surface area contributed by atoms with E-state index in [1.54, 1.807) is 19.2 Å². The van der Waals surface area contributed by atoms with Crippen molar-refractivity contribution in [1.82, 2.24) is 14.5 Å². The predicted molar refractivity (Wildman–Crippen MR) is 123 cm³/mol. The molecule has 2 aromatic rings. The smallest absolute Gasteiger partial charge is 0.242 e. The van der Waals surface area contributed by atoms with Gasteiger partial charge in [-0.25, -0.2) is 12.7 Å². The fraction of sp³-hybridized carbons (Fsp3) is 0.381. The van der Waals surface area contributed by atoms with Gasteiger partial charge in [-0.3, -0.25) is 4.99 Å². The zero-order chi connectivity index (χ0) is 21.7. The van der Waals surface area contributed by atoms with Crippen LogP contribution in [0.25, 0.3) is 0 Å². The van der Waals surface area contributed by atoms with Crippen molar-refractivity contribution >= 4 is 33.3 Å². The van der Waals surface area contributed by atoms with Crippen molar-refractivity contribution < 1.29 is 8.42 Å². The van der Waals surface area contributed by atoms with Gasteiger partial charge in [-0.1, -0.05) is 41.9 Å². The Hall–Kier alpha value is -2.29. The molecule has 0 radical (unpaired) electrons. The van der Waals surface area contributed by atoms with Gasteiger partial charge in [0.05, 0.1) is 15.6 Å². The van der Waals surface area contributed by atoms with Crippen LogP contribution in [-0.4, -0.2) is 70.9 Å². The van der Waals surface area contributed by atoms with Gasteiger partial charge in [-0.15, -0.1) is 0 Å². The Bertz CT molecular complexity index is 1000. The lowest BCUT2D eigenvalue weighted by Gasteiger charge is -2.38. The van der Waals surface area contributed by atoms with Gasteiger partial charge in [0.1, 0.15) is 0 Å². The fourth-order valence-corrected chi connectivity index (χ4v) is 4.84. The molecule has 2 aromatic carbocycles. The second-order valence-corrected chi connectivity index (χ2v) is 9.75. The highest BCUT2D eigenvalue weighted by atomic mass is 35.5. The summed E-state index contributed by atoms with van der Waals surface area (Å²) >= 11 is 6.33. The average molecular weight is 450 g/mol. The maximum Gasteiger partial charge on any atom is 0.242 e. The minimum Gasteiger partial charge on any atom is -0.367 e. The first-order chi connectivity index (χ1) is 14.3. The molecule has 1 heterocycles. The molecule has 1 fully saturated rings. The SMILES string of the molecule is CN=C(NCc1ccccc1S(=O)(=O)N(C)C)N1CCN(c2ccccc2Cl)CC1. The summed E-state index contributed by atoms with van der Waals surface area (Å²) in [5.41, 5.74) is 1.76. The van der Waals surface area contributed by atoms with Crippen LogP contribution in [0.15, 0.2) is 58.4 Å². The summed E-state index contributed by atoms with van der Waals surface area (Å²) < 4.78 is 26.4. The van der Waals surface area contributed by atoms with Crippen molar-refractivity contribution in [2.75, 3.05) is 52.2 Å². The summed E-state index contributed by atoms with van der Waals surface area (Å²) in [6.07, 6.45) is 0. The van der Waals surface area contributed by atoms with Crippen molar-refractivity contribution in [3.05, 3.63) is 59.1 Å². The van der Waals surface area contributed by atoms with Crippen molar-refractivity contribution in [2.24, 2.45) is 4.99 Å². The van der Waals surface area contributed by atoms with Gasteiger partial charge in [0.25, 0.3) is 0 Å². The van der Waals surface area contributed by atoms with Gasteiger partial charge in [0.2, 0.25) is 10.0 Å². The number of benzene rings is 2. The molecule has 9 heteroatoms. The van der Waals surface area contributed by atoms with Crippen molar-refractivity contribution in [1.29, 1.82) is 0 Å². The first kappa shape index (κ1) is 22.4. The number of aliphatic imine (C=N–C) groups is 1. The Kier molecular flexibility index (Phi) is 7.23. The lowest BCUT2D eigenvalue weighted by Crippen LogP contribution is -2.52. The normalized spacial score (nSPS) is 15.6. The maximum absolute atomic E-state index is 12.6. The molecular formula is C21H28ClN5O2S. The molecule has 3 rings (SSSR count). The Balaban J connectivity index is 1.65. The Morgan fingerprint density at radius 1 is 1.07 bits per heavy atom. The number of rotatable bonds is 5. The van der Waals surface area contributed by atoms with Gasteiger partial charge in [0, 0.05) is 53.9 Å². The lowest BCUT2D eigenvalue weighted by atomic mass is 10.2.